The number of methoxy groups -OCH3 is 2. The maximum atomic E-state index is 11.8. The Labute approximate surface area is 121 Å². The van der Waals surface area contributed by atoms with E-state index in [1.54, 1.807) is 19.9 Å². The summed E-state index contributed by atoms with van der Waals surface area (Å²) in [6, 6.07) is 4.51. The molecule has 0 heterocycles. The van der Waals surface area contributed by atoms with Gasteiger partial charge >= 0.3 is 12.1 Å². The van der Waals surface area contributed by atoms with Gasteiger partial charge in [-0.1, -0.05) is 0 Å². The lowest BCUT2D eigenvalue weighted by Crippen LogP contribution is -2.15. The standard InChI is InChI=1S/C13H16O8/c1-8(2)18-13(15)20-21-19-12(14)10-7-9(16-3)5-6-11(10)17-4/h5-8H,1-4H3. The summed E-state index contributed by atoms with van der Waals surface area (Å²) in [5.74, 6) is -0.264. The second-order valence-corrected chi connectivity index (χ2v) is 4.00. The monoisotopic (exact) mass is 300 g/mol. The van der Waals surface area contributed by atoms with Gasteiger partial charge in [0.15, 0.2) is 0 Å². The van der Waals surface area contributed by atoms with E-state index in [4.69, 9.17) is 9.47 Å². The second kappa shape index (κ2) is 7.95. The zero-order chi connectivity index (χ0) is 15.8. The molecule has 8 heteroatoms. The largest absolute Gasteiger partial charge is 0.543 e. The van der Waals surface area contributed by atoms with Crippen molar-refractivity contribution in [1.82, 2.24) is 0 Å². The van der Waals surface area contributed by atoms with Gasteiger partial charge in [0.2, 0.25) is 0 Å². The Kier molecular flexibility index (Phi) is 6.28. The highest BCUT2D eigenvalue weighted by Gasteiger charge is 2.18. The summed E-state index contributed by atoms with van der Waals surface area (Å²) >= 11 is 0. The first kappa shape index (κ1) is 16.6. The van der Waals surface area contributed by atoms with Gasteiger partial charge in [0.05, 0.1) is 25.4 Å². The Morgan fingerprint density at radius 2 is 1.76 bits per heavy atom. The molecule has 0 fully saturated rings. The first-order valence-corrected chi connectivity index (χ1v) is 5.96. The molecule has 0 amide bonds. The molecule has 0 N–H and O–H groups in total. The van der Waals surface area contributed by atoms with E-state index in [1.165, 1.54) is 26.4 Å². The van der Waals surface area contributed by atoms with Crippen LogP contribution in [0.15, 0.2) is 18.2 Å². The SMILES string of the molecule is COc1ccc(OC)c(C(=O)OOOC(=O)OC(C)C)c1. The molecule has 0 saturated carbocycles. The van der Waals surface area contributed by atoms with Crippen LogP contribution in [0.2, 0.25) is 0 Å². The van der Waals surface area contributed by atoms with E-state index < -0.39 is 18.2 Å². The lowest BCUT2D eigenvalue weighted by molar-refractivity contribution is -0.452. The second-order valence-electron chi connectivity index (χ2n) is 4.00. The fraction of sp³-hybridized carbons (Fsp3) is 0.385. The van der Waals surface area contributed by atoms with E-state index in [1.807, 2.05) is 0 Å². The molecule has 0 aliphatic heterocycles. The van der Waals surface area contributed by atoms with Crippen LogP contribution < -0.4 is 9.47 Å². The van der Waals surface area contributed by atoms with E-state index in [0.29, 0.717) is 5.75 Å². The van der Waals surface area contributed by atoms with Crippen molar-refractivity contribution in [3.05, 3.63) is 23.8 Å². The van der Waals surface area contributed by atoms with Crippen molar-refractivity contribution < 1.29 is 38.6 Å². The van der Waals surface area contributed by atoms with Gasteiger partial charge in [-0.25, -0.2) is 14.5 Å². The number of benzene rings is 1. The topological polar surface area (TPSA) is 89.5 Å². The molecule has 1 aromatic carbocycles. The summed E-state index contributed by atoms with van der Waals surface area (Å²) in [5, 5.41) is 4.07. The van der Waals surface area contributed by atoms with Crippen molar-refractivity contribution >= 4 is 12.1 Å². The number of carbonyl (C=O) groups excluding carboxylic acids is 2. The van der Waals surface area contributed by atoms with Crippen LogP contribution in [0.4, 0.5) is 4.79 Å². The molecule has 21 heavy (non-hydrogen) atoms. The fourth-order valence-electron chi connectivity index (χ4n) is 1.31. The van der Waals surface area contributed by atoms with Crippen LogP contribution in [0.5, 0.6) is 11.5 Å². The van der Waals surface area contributed by atoms with Crippen LogP contribution in [0.25, 0.3) is 0 Å². The van der Waals surface area contributed by atoms with Gasteiger partial charge in [-0.2, -0.15) is 0 Å². The van der Waals surface area contributed by atoms with Gasteiger partial charge in [-0.05, 0) is 32.0 Å². The van der Waals surface area contributed by atoms with E-state index in [-0.39, 0.29) is 11.3 Å². The molecular weight excluding hydrogens is 284 g/mol. The van der Waals surface area contributed by atoms with Crippen molar-refractivity contribution in [3.63, 3.8) is 0 Å². The van der Waals surface area contributed by atoms with Crippen LogP contribution in [-0.4, -0.2) is 32.4 Å². The highest BCUT2D eigenvalue weighted by Crippen LogP contribution is 2.24. The molecule has 0 unspecified atom stereocenters. The maximum absolute atomic E-state index is 11.8. The van der Waals surface area contributed by atoms with Gasteiger partial charge in [0, 0.05) is 0 Å². The lowest BCUT2D eigenvalue weighted by Gasteiger charge is -2.09. The minimum absolute atomic E-state index is 0.0395. The number of rotatable bonds is 6. The average molecular weight is 300 g/mol. The summed E-state index contributed by atoms with van der Waals surface area (Å²) in [7, 11) is 2.83. The van der Waals surface area contributed by atoms with Crippen LogP contribution in [0, 0.1) is 0 Å². The molecule has 0 aliphatic carbocycles. The molecule has 0 aliphatic rings. The zero-order valence-corrected chi connectivity index (χ0v) is 12.1. The maximum Gasteiger partial charge on any atom is 0.543 e. The van der Waals surface area contributed by atoms with Crippen LogP contribution in [0.3, 0.4) is 0 Å². The molecule has 0 aromatic heterocycles. The summed E-state index contributed by atoms with van der Waals surface area (Å²) in [6.45, 7) is 3.24. The Morgan fingerprint density at radius 1 is 1.05 bits per heavy atom. The third kappa shape index (κ3) is 5.19. The molecule has 1 aromatic rings. The van der Waals surface area contributed by atoms with E-state index >= 15 is 0 Å². The molecule has 8 nitrogen and oxygen atoms in total. The van der Waals surface area contributed by atoms with Gasteiger partial charge in [-0.3, -0.25) is 4.89 Å². The van der Waals surface area contributed by atoms with Gasteiger partial charge < -0.3 is 14.2 Å². The smallest absolute Gasteiger partial charge is 0.497 e. The van der Waals surface area contributed by atoms with Crippen molar-refractivity contribution in [2.45, 2.75) is 20.0 Å². The van der Waals surface area contributed by atoms with Gasteiger partial charge in [0.1, 0.15) is 17.1 Å². The molecule has 116 valence electrons. The van der Waals surface area contributed by atoms with Crippen molar-refractivity contribution in [1.29, 1.82) is 0 Å². The predicted molar refractivity (Wildman–Crippen MR) is 68.7 cm³/mol. The summed E-state index contributed by atoms with van der Waals surface area (Å²) in [6.07, 6.45) is -1.52. The molecule has 0 spiro atoms. The lowest BCUT2D eigenvalue weighted by atomic mass is 10.2. The normalized spacial score (nSPS) is 9.95. The van der Waals surface area contributed by atoms with Crippen molar-refractivity contribution in [2.24, 2.45) is 0 Å². The Balaban J connectivity index is 2.61. The van der Waals surface area contributed by atoms with E-state index in [9.17, 15) is 9.59 Å². The molecule has 0 saturated heterocycles. The molecule has 0 bridgehead atoms. The van der Waals surface area contributed by atoms with Gasteiger partial charge in [0.25, 0.3) is 0 Å². The Hall–Kier alpha value is -2.48. The molecule has 0 radical (unpaired) electrons. The minimum atomic E-state index is -1.13. The number of carbonyl (C=O) groups is 2. The Bertz CT molecular complexity index is 497. The molecular formula is C13H16O8. The average Bonchev–Trinajstić information content (AvgIpc) is 2.45. The minimum Gasteiger partial charge on any atom is -0.497 e. The Morgan fingerprint density at radius 3 is 2.33 bits per heavy atom. The third-order valence-corrected chi connectivity index (χ3v) is 2.17. The predicted octanol–water partition coefficient (Wildman–Crippen LogP) is 2.27. The molecule has 1 rings (SSSR count). The van der Waals surface area contributed by atoms with E-state index in [0.717, 1.165) is 0 Å². The number of ether oxygens (including phenoxy) is 3. The third-order valence-electron chi connectivity index (χ3n) is 2.17. The highest BCUT2D eigenvalue weighted by molar-refractivity contribution is 5.92. The molecule has 0 atom stereocenters. The van der Waals surface area contributed by atoms with Crippen LogP contribution >= 0.6 is 0 Å². The van der Waals surface area contributed by atoms with Crippen LogP contribution in [-0.2, 0) is 19.6 Å². The van der Waals surface area contributed by atoms with E-state index in [2.05, 4.69) is 19.6 Å². The fourth-order valence-corrected chi connectivity index (χ4v) is 1.31. The summed E-state index contributed by atoms with van der Waals surface area (Å²) < 4.78 is 14.6. The number of hydrogen-bond donors (Lipinski definition) is 0. The van der Waals surface area contributed by atoms with Crippen molar-refractivity contribution in [2.75, 3.05) is 14.2 Å². The first-order valence-electron chi connectivity index (χ1n) is 5.96. The van der Waals surface area contributed by atoms with Gasteiger partial charge in [-0.15, -0.1) is 0 Å². The number of hydrogen-bond acceptors (Lipinski definition) is 8. The quantitative estimate of drug-likeness (QED) is 0.449. The highest BCUT2D eigenvalue weighted by atomic mass is 17.5. The van der Waals surface area contributed by atoms with Crippen LogP contribution in [0.1, 0.15) is 24.2 Å². The first-order chi connectivity index (χ1) is 9.97. The van der Waals surface area contributed by atoms with Crippen molar-refractivity contribution in [3.8, 4) is 11.5 Å². The summed E-state index contributed by atoms with van der Waals surface area (Å²) in [4.78, 5) is 31.2. The summed E-state index contributed by atoms with van der Waals surface area (Å²) in [5.41, 5.74) is 0.0395. The zero-order valence-electron chi connectivity index (χ0n) is 12.1.